The number of hydrogen-bond acceptors (Lipinski definition) is 4. The molecule has 0 saturated heterocycles. The Morgan fingerprint density at radius 1 is 1.22 bits per heavy atom. The Labute approximate surface area is 134 Å². The maximum atomic E-state index is 12.2. The van der Waals surface area contributed by atoms with E-state index in [-0.39, 0.29) is 12.5 Å². The van der Waals surface area contributed by atoms with E-state index in [2.05, 4.69) is 10.3 Å². The molecule has 0 unspecified atom stereocenters. The van der Waals surface area contributed by atoms with E-state index in [0.717, 1.165) is 5.56 Å². The van der Waals surface area contributed by atoms with Crippen LogP contribution >= 0.6 is 0 Å². The van der Waals surface area contributed by atoms with Crippen molar-refractivity contribution in [2.24, 2.45) is 5.41 Å². The topological polar surface area (TPSA) is 92.4 Å². The van der Waals surface area contributed by atoms with Crippen LogP contribution in [0.4, 0.5) is 0 Å². The lowest BCUT2D eigenvalue weighted by Gasteiger charge is -2.26. The van der Waals surface area contributed by atoms with Gasteiger partial charge >= 0.3 is 5.97 Å². The summed E-state index contributed by atoms with van der Waals surface area (Å²) < 4.78 is 5.19. The van der Waals surface area contributed by atoms with Crippen LogP contribution in [0.3, 0.4) is 0 Å². The van der Waals surface area contributed by atoms with Gasteiger partial charge in [0.2, 0.25) is 0 Å². The molecule has 6 heteroatoms. The summed E-state index contributed by atoms with van der Waals surface area (Å²) in [5.74, 6) is -0.552. The van der Waals surface area contributed by atoms with Crippen molar-refractivity contribution in [1.29, 1.82) is 0 Å². The Morgan fingerprint density at radius 3 is 2.35 bits per heavy atom. The number of nitrogens with zero attached hydrogens (tertiary/aromatic N) is 1. The zero-order valence-corrected chi connectivity index (χ0v) is 13.2. The second-order valence-corrected chi connectivity index (χ2v) is 5.42. The van der Waals surface area contributed by atoms with Gasteiger partial charge in [0.05, 0.1) is 11.6 Å². The monoisotopic (exact) mass is 316 g/mol. The molecular weight excluding hydrogens is 296 g/mol. The van der Waals surface area contributed by atoms with Crippen LogP contribution in [0, 0.1) is 5.41 Å². The smallest absolute Gasteiger partial charge is 0.311 e. The van der Waals surface area contributed by atoms with Gasteiger partial charge in [-0.15, -0.1) is 0 Å². The summed E-state index contributed by atoms with van der Waals surface area (Å²) in [5.41, 5.74) is 0.371. The number of carbonyl (C=O) groups excluding carboxylic acids is 1. The summed E-state index contributed by atoms with van der Waals surface area (Å²) in [4.78, 5) is 27.5. The molecule has 0 bridgehead atoms. The number of carbonyl (C=O) groups is 2. The first-order valence-electron chi connectivity index (χ1n) is 7.53. The van der Waals surface area contributed by atoms with E-state index in [1.165, 1.54) is 6.39 Å². The molecule has 0 aliphatic heterocycles. The second-order valence-electron chi connectivity index (χ2n) is 5.42. The molecule has 1 amide bonds. The summed E-state index contributed by atoms with van der Waals surface area (Å²) >= 11 is 0. The van der Waals surface area contributed by atoms with Gasteiger partial charge in [-0.2, -0.15) is 0 Å². The van der Waals surface area contributed by atoms with Crippen LogP contribution in [0.2, 0.25) is 0 Å². The Morgan fingerprint density at radius 2 is 1.87 bits per heavy atom. The van der Waals surface area contributed by atoms with Crippen molar-refractivity contribution in [3.05, 3.63) is 42.4 Å². The maximum Gasteiger partial charge on any atom is 0.311 e. The number of benzene rings is 1. The maximum absolute atomic E-state index is 12.2. The third-order valence-corrected chi connectivity index (χ3v) is 4.26. The molecule has 2 rings (SSSR count). The molecule has 122 valence electrons. The molecule has 1 aromatic carbocycles. The minimum Gasteiger partial charge on any atom is -0.481 e. The van der Waals surface area contributed by atoms with Gasteiger partial charge in [-0.3, -0.25) is 9.59 Å². The predicted octanol–water partition coefficient (Wildman–Crippen LogP) is 2.96. The van der Waals surface area contributed by atoms with Crippen molar-refractivity contribution in [2.75, 3.05) is 6.54 Å². The van der Waals surface area contributed by atoms with E-state index in [4.69, 9.17) is 4.42 Å². The number of oxazole rings is 1. The van der Waals surface area contributed by atoms with Gasteiger partial charge in [-0.05, 0) is 25.0 Å². The molecule has 0 aliphatic carbocycles. The largest absolute Gasteiger partial charge is 0.481 e. The highest BCUT2D eigenvalue weighted by Crippen LogP contribution is 2.26. The van der Waals surface area contributed by atoms with Crippen LogP contribution in [0.25, 0.3) is 11.3 Å². The van der Waals surface area contributed by atoms with Crippen LogP contribution in [-0.2, 0) is 4.79 Å². The Hall–Kier alpha value is -2.63. The van der Waals surface area contributed by atoms with E-state index < -0.39 is 11.4 Å². The zero-order valence-electron chi connectivity index (χ0n) is 13.2. The Bertz CT molecular complexity index is 658. The molecule has 1 aromatic heterocycles. The molecule has 2 N–H and O–H groups in total. The lowest BCUT2D eigenvalue weighted by Crippen LogP contribution is -2.42. The fourth-order valence-electron chi connectivity index (χ4n) is 2.37. The molecule has 0 spiro atoms. The van der Waals surface area contributed by atoms with Crippen molar-refractivity contribution in [3.8, 4) is 11.3 Å². The molecular formula is C17H20N2O4. The third kappa shape index (κ3) is 3.59. The quantitative estimate of drug-likeness (QED) is 0.819. The number of aliphatic carboxylic acids is 1. The highest BCUT2D eigenvalue weighted by atomic mass is 16.4. The fourth-order valence-corrected chi connectivity index (χ4v) is 2.37. The Balaban J connectivity index is 2.05. The summed E-state index contributed by atoms with van der Waals surface area (Å²) in [5, 5.41) is 12.1. The van der Waals surface area contributed by atoms with Crippen molar-refractivity contribution in [3.63, 3.8) is 0 Å². The van der Waals surface area contributed by atoms with E-state index in [0.29, 0.717) is 24.2 Å². The highest BCUT2D eigenvalue weighted by molar-refractivity contribution is 5.95. The summed E-state index contributed by atoms with van der Waals surface area (Å²) in [7, 11) is 0. The number of carboxylic acids is 1. The molecule has 2 aromatic rings. The lowest BCUT2D eigenvalue weighted by atomic mass is 9.82. The van der Waals surface area contributed by atoms with Gasteiger partial charge in [0.25, 0.3) is 5.91 Å². The Kier molecular flexibility index (Phi) is 5.16. The molecule has 0 radical (unpaired) electrons. The molecule has 0 fully saturated rings. The van der Waals surface area contributed by atoms with Crippen molar-refractivity contribution in [1.82, 2.24) is 10.3 Å². The molecule has 0 saturated carbocycles. The first-order chi connectivity index (χ1) is 11.0. The molecule has 0 atom stereocenters. The third-order valence-electron chi connectivity index (χ3n) is 4.26. The predicted molar refractivity (Wildman–Crippen MR) is 84.9 cm³/mol. The van der Waals surface area contributed by atoms with E-state index >= 15 is 0 Å². The minimum atomic E-state index is -0.921. The second kappa shape index (κ2) is 7.09. The molecule has 1 heterocycles. The van der Waals surface area contributed by atoms with Gasteiger partial charge in [0.1, 0.15) is 0 Å². The lowest BCUT2D eigenvalue weighted by molar-refractivity contribution is -0.149. The fraction of sp³-hybridized carbons (Fsp3) is 0.353. The van der Waals surface area contributed by atoms with Gasteiger partial charge in [-0.1, -0.05) is 26.0 Å². The van der Waals surface area contributed by atoms with Crippen molar-refractivity contribution in [2.45, 2.75) is 26.7 Å². The number of carboxylic acid groups (broad SMARTS) is 1. The van der Waals surface area contributed by atoms with Crippen LogP contribution in [0.5, 0.6) is 0 Å². The number of rotatable bonds is 7. The van der Waals surface area contributed by atoms with Crippen LogP contribution in [0.1, 0.15) is 37.0 Å². The van der Waals surface area contributed by atoms with Crippen LogP contribution < -0.4 is 5.32 Å². The highest BCUT2D eigenvalue weighted by Gasteiger charge is 2.35. The standard InChI is InChI=1S/C17H20N2O4/c1-3-17(4-2,16(21)22)10-19-15(20)13-7-5-12(6-8-13)14-9-18-11-23-14/h5-9,11H,3-4,10H2,1-2H3,(H,19,20)(H,21,22). The average Bonchev–Trinajstić information content (AvgIpc) is 3.10. The van der Waals surface area contributed by atoms with Gasteiger partial charge < -0.3 is 14.8 Å². The first-order valence-corrected chi connectivity index (χ1v) is 7.53. The van der Waals surface area contributed by atoms with E-state index in [9.17, 15) is 14.7 Å². The van der Waals surface area contributed by atoms with Gasteiger partial charge in [0.15, 0.2) is 12.2 Å². The summed E-state index contributed by atoms with van der Waals surface area (Å²) in [6.07, 6.45) is 3.86. The summed E-state index contributed by atoms with van der Waals surface area (Å²) in [6.45, 7) is 3.74. The van der Waals surface area contributed by atoms with Gasteiger partial charge in [-0.25, -0.2) is 4.98 Å². The zero-order chi connectivity index (χ0) is 16.9. The summed E-state index contributed by atoms with van der Waals surface area (Å²) in [6, 6.07) is 6.88. The van der Waals surface area contributed by atoms with Gasteiger partial charge in [0, 0.05) is 17.7 Å². The molecule has 23 heavy (non-hydrogen) atoms. The SMILES string of the molecule is CCC(CC)(CNC(=O)c1ccc(-c2cnco2)cc1)C(=O)O. The molecule has 6 nitrogen and oxygen atoms in total. The molecule has 0 aliphatic rings. The van der Waals surface area contributed by atoms with Crippen molar-refractivity contribution < 1.29 is 19.1 Å². The van der Waals surface area contributed by atoms with Crippen molar-refractivity contribution >= 4 is 11.9 Å². The van der Waals surface area contributed by atoms with Crippen LogP contribution in [0.15, 0.2) is 41.3 Å². The van der Waals surface area contributed by atoms with E-state index in [1.54, 1.807) is 30.5 Å². The minimum absolute atomic E-state index is 0.109. The number of aromatic nitrogens is 1. The van der Waals surface area contributed by atoms with Crippen LogP contribution in [-0.4, -0.2) is 28.5 Å². The normalized spacial score (nSPS) is 11.2. The number of nitrogens with one attached hydrogen (secondary N) is 1. The number of amides is 1. The van der Waals surface area contributed by atoms with E-state index in [1.807, 2.05) is 13.8 Å². The first kappa shape index (κ1) is 16.7. The number of hydrogen-bond donors (Lipinski definition) is 2. The average molecular weight is 316 g/mol.